The Balaban J connectivity index is 1.62. The quantitative estimate of drug-likeness (QED) is 0.421. The molecule has 1 fully saturated rings. The Morgan fingerprint density at radius 1 is 1.06 bits per heavy atom. The molecule has 3 aromatic rings. The predicted molar refractivity (Wildman–Crippen MR) is 126 cm³/mol. The van der Waals surface area contributed by atoms with Crippen molar-refractivity contribution in [2.45, 2.75) is 45.6 Å². The molecule has 0 atom stereocenters. The summed E-state index contributed by atoms with van der Waals surface area (Å²) >= 11 is 0. The van der Waals surface area contributed by atoms with Gasteiger partial charge in [-0.3, -0.25) is 4.68 Å². The van der Waals surface area contributed by atoms with Gasteiger partial charge in [-0.2, -0.15) is 5.10 Å². The average molecular weight is 469 g/mol. The van der Waals surface area contributed by atoms with Crippen LogP contribution in [-0.4, -0.2) is 34.1 Å². The SMILES string of the molecule is CCc1nn(C[C@H]2CC[C@H](COCC(=O)O)CC2)c(-c2ccccc2)c1-c1cccc(F)c1F. The fraction of sp³-hybridized carbons (Fsp3) is 0.407. The molecule has 1 saturated carbocycles. The van der Waals surface area contributed by atoms with Gasteiger partial charge in [0.2, 0.25) is 0 Å². The minimum Gasteiger partial charge on any atom is -0.480 e. The molecular weight excluding hydrogens is 438 g/mol. The molecule has 180 valence electrons. The van der Waals surface area contributed by atoms with Gasteiger partial charge >= 0.3 is 5.97 Å². The summed E-state index contributed by atoms with van der Waals surface area (Å²) in [6.07, 6.45) is 4.52. The van der Waals surface area contributed by atoms with Crippen LogP contribution in [0.2, 0.25) is 0 Å². The highest BCUT2D eigenvalue weighted by molar-refractivity contribution is 5.83. The van der Waals surface area contributed by atoms with Crippen LogP contribution in [0.15, 0.2) is 48.5 Å². The lowest BCUT2D eigenvalue weighted by Gasteiger charge is -2.28. The fourth-order valence-electron chi connectivity index (χ4n) is 4.90. The van der Waals surface area contributed by atoms with Gasteiger partial charge < -0.3 is 9.84 Å². The van der Waals surface area contributed by atoms with Crippen molar-refractivity contribution < 1.29 is 23.4 Å². The summed E-state index contributed by atoms with van der Waals surface area (Å²) in [7, 11) is 0. The monoisotopic (exact) mass is 468 g/mol. The first-order valence-electron chi connectivity index (χ1n) is 11.9. The third kappa shape index (κ3) is 5.36. The standard InChI is InChI=1S/C27H30F2N2O3/c1-2-23-25(21-9-6-10-22(28)26(21)29)27(20-7-4-3-5-8-20)31(30-23)15-18-11-13-19(14-12-18)16-34-17-24(32)33/h3-10,18-19H,2,11-17H2,1H3,(H,32,33)/t18-,19-. The summed E-state index contributed by atoms with van der Waals surface area (Å²) in [6.45, 7) is 2.88. The highest BCUT2D eigenvalue weighted by Gasteiger charge is 2.27. The molecule has 4 rings (SSSR count). The Kier molecular flexibility index (Phi) is 7.73. The summed E-state index contributed by atoms with van der Waals surface area (Å²) in [5, 5.41) is 13.6. The third-order valence-corrected chi connectivity index (χ3v) is 6.60. The van der Waals surface area contributed by atoms with Gasteiger partial charge in [-0.15, -0.1) is 0 Å². The van der Waals surface area contributed by atoms with E-state index in [1.807, 2.05) is 41.9 Å². The van der Waals surface area contributed by atoms with Gasteiger partial charge in [-0.1, -0.05) is 49.4 Å². The van der Waals surface area contributed by atoms with Crippen molar-refractivity contribution in [3.8, 4) is 22.4 Å². The maximum atomic E-state index is 14.9. The Hall–Kier alpha value is -3.06. The highest BCUT2D eigenvalue weighted by Crippen LogP contribution is 2.39. The molecule has 7 heteroatoms. The van der Waals surface area contributed by atoms with Crippen molar-refractivity contribution in [2.75, 3.05) is 13.2 Å². The molecule has 1 heterocycles. The highest BCUT2D eigenvalue weighted by atomic mass is 19.2. The van der Waals surface area contributed by atoms with Crippen LogP contribution < -0.4 is 0 Å². The average Bonchev–Trinajstić information content (AvgIpc) is 3.20. The number of aryl methyl sites for hydroxylation is 1. The zero-order valence-electron chi connectivity index (χ0n) is 19.3. The molecular formula is C27H30F2N2O3. The summed E-state index contributed by atoms with van der Waals surface area (Å²) in [6, 6.07) is 14.0. The van der Waals surface area contributed by atoms with E-state index >= 15 is 0 Å². The zero-order chi connectivity index (χ0) is 24.1. The molecule has 0 unspecified atom stereocenters. The summed E-state index contributed by atoms with van der Waals surface area (Å²) < 4.78 is 36.3. The number of aromatic nitrogens is 2. The second-order valence-corrected chi connectivity index (χ2v) is 8.97. The number of aliphatic carboxylic acids is 1. The number of carboxylic acids is 1. The number of carboxylic acid groups (broad SMARTS) is 1. The molecule has 1 aromatic heterocycles. The summed E-state index contributed by atoms with van der Waals surface area (Å²) in [5.41, 5.74) is 3.37. The van der Waals surface area contributed by atoms with E-state index < -0.39 is 17.6 Å². The summed E-state index contributed by atoms with van der Waals surface area (Å²) in [5.74, 6) is -1.90. The summed E-state index contributed by atoms with van der Waals surface area (Å²) in [4.78, 5) is 10.7. The van der Waals surface area contributed by atoms with Crippen molar-refractivity contribution in [1.29, 1.82) is 0 Å². The Labute approximate surface area is 198 Å². The van der Waals surface area contributed by atoms with Gasteiger partial charge in [-0.25, -0.2) is 13.6 Å². The van der Waals surface area contributed by atoms with Crippen LogP contribution in [0.25, 0.3) is 22.4 Å². The maximum Gasteiger partial charge on any atom is 0.329 e. The molecule has 5 nitrogen and oxygen atoms in total. The second kappa shape index (κ2) is 10.9. The molecule has 0 amide bonds. The molecule has 0 aliphatic heterocycles. The van der Waals surface area contributed by atoms with Gasteiger partial charge in [0.15, 0.2) is 11.6 Å². The van der Waals surface area contributed by atoms with Crippen molar-refractivity contribution >= 4 is 5.97 Å². The number of hydrogen-bond donors (Lipinski definition) is 1. The van der Waals surface area contributed by atoms with Crippen molar-refractivity contribution in [3.63, 3.8) is 0 Å². The number of hydrogen-bond acceptors (Lipinski definition) is 3. The number of halogens is 2. The van der Waals surface area contributed by atoms with E-state index in [9.17, 15) is 13.6 Å². The topological polar surface area (TPSA) is 64.4 Å². The fourth-order valence-corrected chi connectivity index (χ4v) is 4.90. The normalized spacial score (nSPS) is 18.2. The first-order valence-corrected chi connectivity index (χ1v) is 11.9. The molecule has 34 heavy (non-hydrogen) atoms. The maximum absolute atomic E-state index is 14.9. The van der Waals surface area contributed by atoms with Crippen LogP contribution in [0, 0.1) is 23.5 Å². The lowest BCUT2D eigenvalue weighted by molar-refractivity contribution is -0.142. The van der Waals surface area contributed by atoms with Gasteiger partial charge in [0.05, 0.1) is 18.0 Å². The van der Waals surface area contributed by atoms with Gasteiger partial charge in [0, 0.05) is 23.2 Å². The Morgan fingerprint density at radius 2 is 1.76 bits per heavy atom. The van der Waals surface area contributed by atoms with Crippen molar-refractivity contribution in [1.82, 2.24) is 9.78 Å². The number of carbonyl (C=O) groups is 1. The van der Waals surface area contributed by atoms with Crippen LogP contribution in [-0.2, 0) is 22.5 Å². The molecule has 2 aromatic carbocycles. The molecule has 0 saturated heterocycles. The van der Waals surface area contributed by atoms with E-state index in [1.165, 1.54) is 6.07 Å². The van der Waals surface area contributed by atoms with E-state index in [0.29, 0.717) is 37.0 Å². The van der Waals surface area contributed by atoms with Gasteiger partial charge in [0.25, 0.3) is 0 Å². The number of benzene rings is 2. The zero-order valence-corrected chi connectivity index (χ0v) is 19.3. The molecule has 0 radical (unpaired) electrons. The van der Waals surface area contributed by atoms with Crippen LogP contribution in [0.5, 0.6) is 0 Å². The largest absolute Gasteiger partial charge is 0.480 e. The van der Waals surface area contributed by atoms with Crippen LogP contribution >= 0.6 is 0 Å². The number of ether oxygens (including phenoxy) is 1. The Morgan fingerprint density at radius 3 is 2.44 bits per heavy atom. The first-order chi connectivity index (χ1) is 16.5. The minimum atomic E-state index is -0.946. The molecule has 0 bridgehead atoms. The van der Waals surface area contributed by atoms with E-state index in [0.717, 1.165) is 48.7 Å². The lowest BCUT2D eigenvalue weighted by Crippen LogP contribution is -2.23. The van der Waals surface area contributed by atoms with E-state index in [1.54, 1.807) is 6.07 Å². The molecule has 0 spiro atoms. The second-order valence-electron chi connectivity index (χ2n) is 8.97. The van der Waals surface area contributed by atoms with Crippen LogP contribution in [0.1, 0.15) is 38.3 Å². The van der Waals surface area contributed by atoms with Crippen LogP contribution in [0.4, 0.5) is 8.78 Å². The van der Waals surface area contributed by atoms with Crippen LogP contribution in [0.3, 0.4) is 0 Å². The van der Waals surface area contributed by atoms with E-state index in [2.05, 4.69) is 0 Å². The first kappa shape index (κ1) is 24.1. The minimum absolute atomic E-state index is 0.237. The third-order valence-electron chi connectivity index (χ3n) is 6.60. The van der Waals surface area contributed by atoms with Gasteiger partial charge in [-0.05, 0) is 50.0 Å². The van der Waals surface area contributed by atoms with E-state index in [4.69, 9.17) is 14.9 Å². The number of nitrogens with zero attached hydrogens (tertiary/aromatic N) is 2. The smallest absolute Gasteiger partial charge is 0.329 e. The molecule has 1 N–H and O–H groups in total. The predicted octanol–water partition coefficient (Wildman–Crippen LogP) is 5.97. The lowest BCUT2D eigenvalue weighted by atomic mass is 9.82. The van der Waals surface area contributed by atoms with Gasteiger partial charge in [0.1, 0.15) is 6.61 Å². The molecule has 1 aliphatic rings. The molecule has 1 aliphatic carbocycles. The number of rotatable bonds is 9. The van der Waals surface area contributed by atoms with Crippen molar-refractivity contribution in [2.24, 2.45) is 11.8 Å². The van der Waals surface area contributed by atoms with E-state index in [-0.39, 0.29) is 12.2 Å². The Bertz CT molecular complexity index is 1120. The van der Waals surface area contributed by atoms with Crippen molar-refractivity contribution in [3.05, 3.63) is 65.9 Å².